The molecule has 0 aliphatic carbocycles. The summed E-state index contributed by atoms with van der Waals surface area (Å²) in [6.45, 7) is 6.08. The molecule has 0 saturated carbocycles. The number of anilines is 3. The van der Waals surface area contributed by atoms with Crippen LogP contribution in [-0.4, -0.2) is 35.7 Å². The number of nitrogen functional groups attached to an aromatic ring is 1. The minimum Gasteiger partial charge on any atom is -0.368 e. The van der Waals surface area contributed by atoms with E-state index >= 15 is 0 Å². The largest absolute Gasteiger partial charge is 0.368 e. The van der Waals surface area contributed by atoms with Gasteiger partial charge in [0.05, 0.1) is 20.5 Å². The summed E-state index contributed by atoms with van der Waals surface area (Å²) in [5.41, 5.74) is 7.66. The van der Waals surface area contributed by atoms with Crippen LogP contribution in [0.2, 0.25) is 0 Å². The highest BCUT2D eigenvalue weighted by atomic mass is 32.2. The smallest absolute Gasteiger partial charge is 0.323 e. The van der Waals surface area contributed by atoms with Gasteiger partial charge in [-0.15, -0.1) is 11.3 Å². The fourth-order valence-electron chi connectivity index (χ4n) is 3.39. The number of thiazole rings is 1. The van der Waals surface area contributed by atoms with Crippen LogP contribution >= 0.6 is 11.3 Å². The van der Waals surface area contributed by atoms with Gasteiger partial charge in [-0.3, -0.25) is 0 Å². The van der Waals surface area contributed by atoms with Gasteiger partial charge in [-0.05, 0) is 54.1 Å². The zero-order valence-electron chi connectivity index (χ0n) is 20.5. The Hall–Kier alpha value is -3.90. The van der Waals surface area contributed by atoms with Crippen molar-refractivity contribution in [2.24, 2.45) is 0 Å². The van der Waals surface area contributed by atoms with Gasteiger partial charge >= 0.3 is 6.03 Å². The van der Waals surface area contributed by atoms with E-state index in [1.54, 1.807) is 12.1 Å². The Labute approximate surface area is 217 Å². The summed E-state index contributed by atoms with van der Waals surface area (Å²) < 4.78 is 37.9. The van der Waals surface area contributed by atoms with Crippen molar-refractivity contribution in [1.82, 2.24) is 15.0 Å². The van der Waals surface area contributed by atoms with E-state index in [-0.39, 0.29) is 21.9 Å². The van der Waals surface area contributed by atoms with Gasteiger partial charge in [-0.2, -0.15) is 0 Å². The Bertz CT molecular complexity index is 1580. The summed E-state index contributed by atoms with van der Waals surface area (Å²) in [7, 11) is -3.36. The van der Waals surface area contributed by atoms with E-state index in [0.29, 0.717) is 27.5 Å². The SMILES string of the molecule is CC(C)(C)c1nc(-c2ccnc(N)n2)c(-c2cc(F)cc(NC(=O)Nc3ccc(S(C)(=O)=O)cc3)c2)s1. The molecule has 0 unspecified atom stereocenters. The number of nitrogens with two attached hydrogens (primary N) is 1. The van der Waals surface area contributed by atoms with E-state index in [1.165, 1.54) is 53.9 Å². The minimum atomic E-state index is -3.36. The molecule has 0 spiro atoms. The van der Waals surface area contributed by atoms with Gasteiger partial charge in [0.2, 0.25) is 5.95 Å². The Morgan fingerprint density at radius 2 is 1.68 bits per heavy atom. The number of sulfone groups is 1. The number of hydrogen-bond acceptors (Lipinski definition) is 8. The van der Waals surface area contributed by atoms with Crippen molar-refractivity contribution >= 4 is 44.5 Å². The molecule has 0 bridgehead atoms. The lowest BCUT2D eigenvalue weighted by atomic mass is 9.98. The first kappa shape index (κ1) is 26.2. The molecule has 0 aliphatic rings. The zero-order valence-corrected chi connectivity index (χ0v) is 22.2. The predicted octanol–water partition coefficient (Wildman–Crippen LogP) is 5.33. The van der Waals surface area contributed by atoms with Gasteiger partial charge < -0.3 is 16.4 Å². The lowest BCUT2D eigenvalue weighted by Gasteiger charge is -2.13. The lowest BCUT2D eigenvalue weighted by molar-refractivity contribution is 0.262. The highest BCUT2D eigenvalue weighted by Crippen LogP contribution is 2.41. The molecule has 2 heterocycles. The van der Waals surface area contributed by atoms with Crippen LogP contribution in [0, 0.1) is 5.82 Å². The van der Waals surface area contributed by atoms with Crippen LogP contribution < -0.4 is 16.4 Å². The van der Waals surface area contributed by atoms with E-state index < -0.39 is 21.7 Å². The van der Waals surface area contributed by atoms with Crippen molar-refractivity contribution in [2.45, 2.75) is 31.1 Å². The maximum atomic E-state index is 14.7. The molecule has 0 saturated heterocycles. The van der Waals surface area contributed by atoms with Crippen molar-refractivity contribution in [3.05, 3.63) is 65.6 Å². The number of urea groups is 1. The summed E-state index contributed by atoms with van der Waals surface area (Å²) in [6.07, 6.45) is 2.63. The molecular formula is C25H25FN6O3S2. The average Bonchev–Trinajstić information content (AvgIpc) is 3.25. The number of carbonyl (C=O) groups is 1. The van der Waals surface area contributed by atoms with Gasteiger partial charge in [-0.1, -0.05) is 20.8 Å². The molecule has 2 amide bonds. The number of benzene rings is 2. The summed E-state index contributed by atoms with van der Waals surface area (Å²) >= 11 is 1.41. The molecule has 0 fully saturated rings. The third-order valence-corrected chi connectivity index (χ3v) is 7.80. The fraction of sp³-hybridized carbons (Fsp3) is 0.200. The zero-order chi connectivity index (χ0) is 27.0. The number of rotatable bonds is 5. The highest BCUT2D eigenvalue weighted by Gasteiger charge is 2.24. The van der Waals surface area contributed by atoms with E-state index in [4.69, 9.17) is 10.7 Å². The number of nitrogens with one attached hydrogen (secondary N) is 2. The molecule has 192 valence electrons. The molecule has 0 radical (unpaired) electrons. The number of nitrogens with zero attached hydrogens (tertiary/aromatic N) is 3. The highest BCUT2D eigenvalue weighted by molar-refractivity contribution is 7.90. The Kier molecular flexibility index (Phi) is 6.98. The van der Waals surface area contributed by atoms with Gasteiger partial charge in [0.1, 0.15) is 11.5 Å². The van der Waals surface area contributed by atoms with Crippen molar-refractivity contribution in [1.29, 1.82) is 0 Å². The van der Waals surface area contributed by atoms with E-state index in [1.807, 2.05) is 20.8 Å². The Balaban J connectivity index is 1.65. The van der Waals surface area contributed by atoms with Gasteiger partial charge in [-0.25, -0.2) is 32.6 Å². The third-order valence-electron chi connectivity index (χ3n) is 5.14. The number of amides is 2. The molecule has 4 rings (SSSR count). The van der Waals surface area contributed by atoms with Crippen LogP contribution in [0.5, 0.6) is 0 Å². The average molecular weight is 541 g/mol. The van der Waals surface area contributed by atoms with E-state index in [0.717, 1.165) is 11.3 Å². The molecule has 4 N–H and O–H groups in total. The van der Waals surface area contributed by atoms with Crippen LogP contribution in [-0.2, 0) is 15.3 Å². The van der Waals surface area contributed by atoms with E-state index in [9.17, 15) is 17.6 Å². The number of aromatic nitrogens is 3. The molecule has 12 heteroatoms. The second kappa shape index (κ2) is 9.87. The van der Waals surface area contributed by atoms with Crippen molar-refractivity contribution in [2.75, 3.05) is 22.6 Å². The molecular weight excluding hydrogens is 515 g/mol. The molecule has 2 aromatic carbocycles. The second-order valence-electron chi connectivity index (χ2n) is 9.35. The fourth-order valence-corrected chi connectivity index (χ4v) is 5.14. The minimum absolute atomic E-state index is 0.0941. The quantitative estimate of drug-likeness (QED) is 0.311. The van der Waals surface area contributed by atoms with Crippen LogP contribution in [0.4, 0.5) is 26.5 Å². The number of hydrogen-bond donors (Lipinski definition) is 3. The summed E-state index contributed by atoms with van der Waals surface area (Å²) in [4.78, 5) is 26.4. The van der Waals surface area contributed by atoms with Crippen LogP contribution in [0.1, 0.15) is 25.8 Å². The molecule has 0 atom stereocenters. The maximum Gasteiger partial charge on any atom is 0.323 e. The standard InChI is InChI=1S/C25H25FN6O3S2/c1-25(2,3)22-32-20(19-9-10-28-23(27)31-19)21(36-22)14-11-15(26)13-17(12-14)30-24(33)29-16-5-7-18(8-6-16)37(4,34)35/h5-13H,1-4H3,(H2,27,28,31)(H2,29,30,33). The third kappa shape index (κ3) is 6.27. The van der Waals surface area contributed by atoms with Gasteiger partial charge in [0.25, 0.3) is 0 Å². The van der Waals surface area contributed by atoms with Crippen LogP contribution in [0.15, 0.2) is 59.6 Å². The number of halogens is 1. The lowest BCUT2D eigenvalue weighted by Crippen LogP contribution is -2.19. The molecule has 37 heavy (non-hydrogen) atoms. The first-order valence-electron chi connectivity index (χ1n) is 11.1. The van der Waals surface area contributed by atoms with Crippen LogP contribution in [0.3, 0.4) is 0 Å². The Morgan fingerprint density at radius 3 is 2.30 bits per heavy atom. The van der Waals surface area contributed by atoms with Gasteiger partial charge in [0.15, 0.2) is 9.84 Å². The second-order valence-corrected chi connectivity index (χ2v) is 12.4. The topological polar surface area (TPSA) is 140 Å². The predicted molar refractivity (Wildman–Crippen MR) is 144 cm³/mol. The number of carbonyl (C=O) groups excluding carboxylic acids is 1. The van der Waals surface area contributed by atoms with Crippen LogP contribution in [0.25, 0.3) is 21.8 Å². The first-order valence-corrected chi connectivity index (χ1v) is 13.8. The normalized spacial score (nSPS) is 11.8. The summed E-state index contributed by atoms with van der Waals surface area (Å²) in [5, 5.41) is 6.05. The Morgan fingerprint density at radius 1 is 1.00 bits per heavy atom. The monoisotopic (exact) mass is 540 g/mol. The maximum absolute atomic E-state index is 14.7. The summed E-state index contributed by atoms with van der Waals surface area (Å²) in [5.74, 6) is -0.458. The molecule has 2 aromatic heterocycles. The van der Waals surface area contributed by atoms with Gasteiger partial charge in [0, 0.05) is 29.2 Å². The summed E-state index contributed by atoms with van der Waals surface area (Å²) in [6, 6.07) is 11.0. The van der Waals surface area contributed by atoms with Crippen molar-refractivity contribution < 1.29 is 17.6 Å². The first-order chi connectivity index (χ1) is 17.3. The molecule has 9 nitrogen and oxygen atoms in total. The molecule has 4 aromatic rings. The van der Waals surface area contributed by atoms with Crippen molar-refractivity contribution in [3.63, 3.8) is 0 Å². The van der Waals surface area contributed by atoms with E-state index in [2.05, 4.69) is 20.6 Å². The molecule has 0 aliphatic heterocycles. The van der Waals surface area contributed by atoms with Crippen molar-refractivity contribution in [3.8, 4) is 21.8 Å².